The first kappa shape index (κ1) is 14.7. The van der Waals surface area contributed by atoms with Gasteiger partial charge in [0.05, 0.1) is 11.8 Å². The minimum absolute atomic E-state index is 0.111. The summed E-state index contributed by atoms with van der Waals surface area (Å²) in [7, 11) is 1.63. The van der Waals surface area contributed by atoms with E-state index in [1.54, 1.807) is 7.11 Å². The van der Waals surface area contributed by atoms with E-state index in [-0.39, 0.29) is 6.10 Å². The molecule has 0 aliphatic carbocycles. The largest absolute Gasteiger partial charge is 0.490 e. The fourth-order valence-electron chi connectivity index (χ4n) is 1.90. The molecule has 20 heavy (non-hydrogen) atoms. The van der Waals surface area contributed by atoms with Gasteiger partial charge in [-0.1, -0.05) is 24.4 Å². The molecule has 0 spiro atoms. The minimum Gasteiger partial charge on any atom is -0.490 e. The SMILES string of the molecule is COCc1nc(=S)cc(-c2ccccc2OC(C)C)[nH]1. The molecule has 0 bridgehead atoms. The van der Waals surface area contributed by atoms with Crippen LogP contribution in [0, 0.1) is 4.64 Å². The lowest BCUT2D eigenvalue weighted by atomic mass is 10.1. The van der Waals surface area contributed by atoms with Crippen molar-refractivity contribution in [3.05, 3.63) is 40.8 Å². The third-order valence-corrected chi connectivity index (χ3v) is 2.82. The average molecular weight is 290 g/mol. The van der Waals surface area contributed by atoms with E-state index >= 15 is 0 Å². The first-order valence-corrected chi connectivity index (χ1v) is 6.86. The third kappa shape index (κ3) is 3.65. The molecule has 0 aliphatic rings. The molecule has 4 nitrogen and oxygen atoms in total. The van der Waals surface area contributed by atoms with Crippen molar-refractivity contribution in [3.8, 4) is 17.0 Å². The number of ether oxygens (including phenoxy) is 2. The van der Waals surface area contributed by atoms with Crippen LogP contribution in [0.5, 0.6) is 5.75 Å². The van der Waals surface area contributed by atoms with Crippen LogP contribution in [0.15, 0.2) is 30.3 Å². The van der Waals surface area contributed by atoms with Crippen LogP contribution >= 0.6 is 12.2 Å². The second kappa shape index (κ2) is 6.63. The van der Waals surface area contributed by atoms with Crippen molar-refractivity contribution >= 4 is 12.2 Å². The smallest absolute Gasteiger partial charge is 0.134 e. The molecule has 0 atom stereocenters. The van der Waals surface area contributed by atoms with Crippen LogP contribution in [0.2, 0.25) is 0 Å². The Kier molecular flexibility index (Phi) is 4.87. The number of para-hydroxylation sites is 1. The summed E-state index contributed by atoms with van der Waals surface area (Å²) in [6, 6.07) is 9.69. The lowest BCUT2D eigenvalue weighted by Gasteiger charge is -2.14. The van der Waals surface area contributed by atoms with E-state index in [0.717, 1.165) is 17.0 Å². The summed E-state index contributed by atoms with van der Waals surface area (Å²) in [5.41, 5.74) is 1.85. The maximum absolute atomic E-state index is 5.83. The number of H-pyrrole nitrogens is 1. The summed E-state index contributed by atoms with van der Waals surface area (Å²) < 4.78 is 11.5. The summed E-state index contributed by atoms with van der Waals surface area (Å²) in [5, 5.41) is 0. The maximum Gasteiger partial charge on any atom is 0.134 e. The molecule has 0 unspecified atom stereocenters. The molecule has 0 aliphatic heterocycles. The second-order valence-electron chi connectivity index (χ2n) is 4.68. The summed E-state index contributed by atoms with van der Waals surface area (Å²) in [5.74, 6) is 1.53. The Labute approximate surface area is 123 Å². The molecular formula is C15H18N2O2S. The number of hydrogen-bond acceptors (Lipinski definition) is 4. The number of aromatic nitrogens is 2. The van der Waals surface area contributed by atoms with Crippen molar-refractivity contribution in [2.75, 3.05) is 7.11 Å². The molecule has 106 valence electrons. The molecule has 1 heterocycles. The Hall–Kier alpha value is -1.72. The maximum atomic E-state index is 5.83. The number of benzene rings is 1. The van der Waals surface area contributed by atoms with Crippen LogP contribution in [-0.2, 0) is 11.3 Å². The molecule has 1 aromatic heterocycles. The highest BCUT2D eigenvalue weighted by atomic mass is 32.1. The van der Waals surface area contributed by atoms with Gasteiger partial charge in [-0.25, -0.2) is 4.98 Å². The molecule has 5 heteroatoms. The Bertz CT molecular complexity index is 638. The average Bonchev–Trinajstić information content (AvgIpc) is 2.38. The zero-order valence-corrected chi connectivity index (χ0v) is 12.7. The van der Waals surface area contributed by atoms with Crippen molar-refractivity contribution in [2.45, 2.75) is 26.6 Å². The zero-order valence-electron chi connectivity index (χ0n) is 11.8. The third-order valence-electron chi connectivity index (χ3n) is 2.61. The van der Waals surface area contributed by atoms with Crippen molar-refractivity contribution < 1.29 is 9.47 Å². The molecule has 0 saturated carbocycles. The highest BCUT2D eigenvalue weighted by molar-refractivity contribution is 7.71. The van der Waals surface area contributed by atoms with Crippen LogP contribution in [0.3, 0.4) is 0 Å². The molecule has 2 rings (SSSR count). The van der Waals surface area contributed by atoms with Gasteiger partial charge < -0.3 is 14.5 Å². The van der Waals surface area contributed by atoms with Gasteiger partial charge in [0.2, 0.25) is 0 Å². The van der Waals surface area contributed by atoms with Crippen molar-refractivity contribution in [3.63, 3.8) is 0 Å². The second-order valence-corrected chi connectivity index (χ2v) is 5.09. The van der Waals surface area contributed by atoms with E-state index in [9.17, 15) is 0 Å². The summed E-state index contributed by atoms with van der Waals surface area (Å²) in [6.07, 6.45) is 0.111. The predicted molar refractivity (Wildman–Crippen MR) is 81.3 cm³/mol. The quantitative estimate of drug-likeness (QED) is 0.852. The van der Waals surface area contributed by atoms with Gasteiger partial charge in [-0.05, 0) is 32.0 Å². The summed E-state index contributed by atoms with van der Waals surface area (Å²) in [6.45, 7) is 4.40. The molecular weight excluding hydrogens is 272 g/mol. The van der Waals surface area contributed by atoms with E-state index in [1.807, 2.05) is 44.2 Å². The van der Waals surface area contributed by atoms with Crippen molar-refractivity contribution in [1.29, 1.82) is 0 Å². The van der Waals surface area contributed by atoms with Gasteiger partial charge in [0, 0.05) is 12.7 Å². The standard InChI is InChI=1S/C15H18N2O2S/c1-10(2)19-13-7-5-4-6-11(13)12-8-15(20)17-14(16-12)9-18-3/h4-8,10H,9H2,1-3H3,(H,16,17,20). The van der Waals surface area contributed by atoms with E-state index < -0.39 is 0 Å². The Morgan fingerprint density at radius 2 is 2.05 bits per heavy atom. The Morgan fingerprint density at radius 3 is 2.75 bits per heavy atom. The monoisotopic (exact) mass is 290 g/mol. The van der Waals surface area contributed by atoms with Crippen molar-refractivity contribution in [1.82, 2.24) is 9.97 Å². The topological polar surface area (TPSA) is 47.1 Å². The van der Waals surface area contributed by atoms with Crippen LogP contribution in [-0.4, -0.2) is 23.2 Å². The van der Waals surface area contributed by atoms with E-state index in [2.05, 4.69) is 9.97 Å². The molecule has 0 amide bonds. The van der Waals surface area contributed by atoms with Gasteiger partial charge >= 0.3 is 0 Å². The summed E-state index contributed by atoms with van der Waals surface area (Å²) >= 11 is 5.20. The fraction of sp³-hybridized carbons (Fsp3) is 0.333. The molecule has 0 saturated heterocycles. The fourth-order valence-corrected chi connectivity index (χ4v) is 2.13. The number of nitrogens with zero attached hydrogens (tertiary/aromatic N) is 1. The highest BCUT2D eigenvalue weighted by Crippen LogP contribution is 2.29. The number of rotatable bonds is 5. The predicted octanol–water partition coefficient (Wildman–Crippen LogP) is 3.74. The van der Waals surface area contributed by atoms with Gasteiger partial charge in [-0.15, -0.1) is 0 Å². The van der Waals surface area contributed by atoms with E-state index in [1.165, 1.54) is 0 Å². The molecule has 2 aromatic rings. The lowest BCUT2D eigenvalue weighted by Crippen LogP contribution is -2.07. The van der Waals surface area contributed by atoms with Crippen LogP contribution in [0.1, 0.15) is 19.7 Å². The van der Waals surface area contributed by atoms with Crippen molar-refractivity contribution in [2.24, 2.45) is 0 Å². The Morgan fingerprint density at radius 1 is 1.30 bits per heavy atom. The van der Waals surface area contributed by atoms with Crippen LogP contribution < -0.4 is 4.74 Å². The molecule has 1 N–H and O–H groups in total. The van der Waals surface area contributed by atoms with Gasteiger partial charge in [0.15, 0.2) is 0 Å². The molecule has 0 fully saturated rings. The normalized spacial score (nSPS) is 10.8. The number of hydrogen-bond donors (Lipinski definition) is 1. The number of methoxy groups -OCH3 is 1. The zero-order chi connectivity index (χ0) is 14.5. The first-order chi connectivity index (χ1) is 9.60. The molecule has 1 aromatic carbocycles. The van der Waals surface area contributed by atoms with E-state index in [0.29, 0.717) is 17.1 Å². The van der Waals surface area contributed by atoms with Crippen LogP contribution in [0.25, 0.3) is 11.3 Å². The number of nitrogens with one attached hydrogen (secondary N) is 1. The number of aromatic amines is 1. The highest BCUT2D eigenvalue weighted by Gasteiger charge is 2.09. The minimum atomic E-state index is 0.111. The first-order valence-electron chi connectivity index (χ1n) is 6.45. The Balaban J connectivity index is 2.48. The van der Waals surface area contributed by atoms with Gasteiger partial charge in [0.1, 0.15) is 22.8 Å². The lowest BCUT2D eigenvalue weighted by molar-refractivity contribution is 0.177. The van der Waals surface area contributed by atoms with Crippen LogP contribution in [0.4, 0.5) is 0 Å². The van der Waals surface area contributed by atoms with Gasteiger partial charge in [0.25, 0.3) is 0 Å². The van der Waals surface area contributed by atoms with E-state index in [4.69, 9.17) is 21.7 Å². The van der Waals surface area contributed by atoms with Gasteiger partial charge in [-0.3, -0.25) is 0 Å². The van der Waals surface area contributed by atoms with Gasteiger partial charge in [-0.2, -0.15) is 0 Å². The summed E-state index contributed by atoms with van der Waals surface area (Å²) in [4.78, 5) is 7.47. The molecule has 0 radical (unpaired) electrons.